The summed E-state index contributed by atoms with van der Waals surface area (Å²) in [4.78, 5) is 0. The zero-order valence-corrected chi connectivity index (χ0v) is 12.4. The molecule has 0 heterocycles. The first-order valence-electron chi connectivity index (χ1n) is 5.40. The number of alkyl halides is 1. The van der Waals surface area contributed by atoms with Gasteiger partial charge in [0.05, 0.1) is 15.4 Å². The van der Waals surface area contributed by atoms with E-state index >= 15 is 0 Å². The van der Waals surface area contributed by atoms with Gasteiger partial charge in [-0.2, -0.15) is 0 Å². The van der Waals surface area contributed by atoms with E-state index in [2.05, 4.69) is 0 Å². The molecule has 1 unspecified atom stereocenters. The lowest BCUT2D eigenvalue weighted by molar-refractivity contribution is 0.920. The standard InChI is InChI=1S/C14H10Cl4/c15-11-4-2-10(3-5-11)13(17)7-9-1-6-12(16)14(18)8-9/h1-6,8,13H,7H2. The Labute approximate surface area is 126 Å². The molecule has 2 aromatic carbocycles. The summed E-state index contributed by atoms with van der Waals surface area (Å²) in [5.41, 5.74) is 2.09. The highest BCUT2D eigenvalue weighted by molar-refractivity contribution is 6.42. The van der Waals surface area contributed by atoms with Crippen molar-refractivity contribution in [3.8, 4) is 0 Å². The van der Waals surface area contributed by atoms with Crippen LogP contribution in [0.1, 0.15) is 16.5 Å². The van der Waals surface area contributed by atoms with Crippen LogP contribution in [0, 0.1) is 0 Å². The van der Waals surface area contributed by atoms with Crippen LogP contribution in [0.2, 0.25) is 15.1 Å². The SMILES string of the molecule is Clc1ccc(C(Cl)Cc2ccc(Cl)c(Cl)c2)cc1. The fourth-order valence-corrected chi connectivity index (χ4v) is 2.43. The van der Waals surface area contributed by atoms with E-state index in [1.54, 1.807) is 6.07 Å². The topological polar surface area (TPSA) is 0 Å². The third-order valence-electron chi connectivity index (χ3n) is 2.63. The van der Waals surface area contributed by atoms with E-state index in [0.29, 0.717) is 21.5 Å². The van der Waals surface area contributed by atoms with E-state index in [-0.39, 0.29) is 5.38 Å². The second-order valence-electron chi connectivity index (χ2n) is 3.97. The molecule has 0 fully saturated rings. The van der Waals surface area contributed by atoms with Gasteiger partial charge in [-0.05, 0) is 41.8 Å². The van der Waals surface area contributed by atoms with Gasteiger partial charge in [-0.25, -0.2) is 0 Å². The van der Waals surface area contributed by atoms with Gasteiger partial charge < -0.3 is 0 Å². The highest BCUT2D eigenvalue weighted by atomic mass is 35.5. The first-order valence-corrected chi connectivity index (χ1v) is 6.97. The van der Waals surface area contributed by atoms with E-state index in [0.717, 1.165) is 11.1 Å². The molecule has 0 aromatic heterocycles. The lowest BCUT2D eigenvalue weighted by Gasteiger charge is -2.10. The molecule has 2 rings (SSSR count). The van der Waals surface area contributed by atoms with Crippen molar-refractivity contribution in [1.82, 2.24) is 0 Å². The molecule has 0 radical (unpaired) electrons. The monoisotopic (exact) mass is 318 g/mol. The Morgan fingerprint density at radius 2 is 1.50 bits per heavy atom. The summed E-state index contributed by atoms with van der Waals surface area (Å²) in [6.45, 7) is 0. The Morgan fingerprint density at radius 1 is 0.833 bits per heavy atom. The molecule has 0 aliphatic rings. The van der Waals surface area contributed by atoms with E-state index in [1.807, 2.05) is 36.4 Å². The molecule has 0 aliphatic carbocycles. The number of hydrogen-bond acceptors (Lipinski definition) is 0. The van der Waals surface area contributed by atoms with Crippen molar-refractivity contribution in [2.75, 3.05) is 0 Å². The highest BCUT2D eigenvalue weighted by Gasteiger charge is 2.10. The largest absolute Gasteiger partial charge is 0.117 e. The molecule has 18 heavy (non-hydrogen) atoms. The fourth-order valence-electron chi connectivity index (χ4n) is 1.66. The number of hydrogen-bond donors (Lipinski definition) is 0. The van der Waals surface area contributed by atoms with Crippen molar-refractivity contribution in [2.24, 2.45) is 0 Å². The van der Waals surface area contributed by atoms with Gasteiger partial charge in [0.25, 0.3) is 0 Å². The molecule has 0 spiro atoms. The third-order valence-corrected chi connectivity index (χ3v) is 4.03. The molecular weight excluding hydrogens is 310 g/mol. The average molecular weight is 320 g/mol. The summed E-state index contributed by atoms with van der Waals surface area (Å²) >= 11 is 24.0. The zero-order chi connectivity index (χ0) is 13.1. The van der Waals surface area contributed by atoms with Crippen molar-refractivity contribution in [3.05, 3.63) is 68.7 Å². The van der Waals surface area contributed by atoms with E-state index in [4.69, 9.17) is 46.4 Å². The van der Waals surface area contributed by atoms with Crippen molar-refractivity contribution >= 4 is 46.4 Å². The molecular formula is C14H10Cl4. The van der Waals surface area contributed by atoms with Crippen molar-refractivity contribution in [3.63, 3.8) is 0 Å². The van der Waals surface area contributed by atoms with Crippen LogP contribution in [0.5, 0.6) is 0 Å². The molecule has 0 saturated heterocycles. The van der Waals surface area contributed by atoms with Crippen LogP contribution in [0.25, 0.3) is 0 Å². The quantitative estimate of drug-likeness (QED) is 0.593. The fraction of sp³-hybridized carbons (Fsp3) is 0.143. The summed E-state index contributed by atoms with van der Waals surface area (Å²) in [6.07, 6.45) is 0.695. The molecule has 0 saturated carbocycles. The van der Waals surface area contributed by atoms with Crippen LogP contribution in [-0.2, 0) is 6.42 Å². The summed E-state index contributed by atoms with van der Waals surface area (Å²) < 4.78 is 0. The first kappa shape index (κ1) is 14.0. The molecule has 0 N–H and O–H groups in total. The molecule has 2 aromatic rings. The van der Waals surface area contributed by atoms with Crippen LogP contribution in [-0.4, -0.2) is 0 Å². The Morgan fingerprint density at radius 3 is 2.11 bits per heavy atom. The maximum Gasteiger partial charge on any atom is 0.0625 e. The molecule has 0 amide bonds. The normalized spacial score (nSPS) is 12.4. The number of halogens is 4. The second kappa shape index (κ2) is 6.16. The molecule has 94 valence electrons. The van der Waals surface area contributed by atoms with Gasteiger partial charge >= 0.3 is 0 Å². The van der Waals surface area contributed by atoms with E-state index in [1.165, 1.54) is 0 Å². The smallest absolute Gasteiger partial charge is 0.0625 e. The summed E-state index contributed by atoms with van der Waals surface area (Å²) in [7, 11) is 0. The summed E-state index contributed by atoms with van der Waals surface area (Å²) in [5, 5.41) is 1.70. The maximum absolute atomic E-state index is 6.37. The van der Waals surface area contributed by atoms with Gasteiger partial charge in [-0.3, -0.25) is 0 Å². The van der Waals surface area contributed by atoms with Gasteiger partial charge in [0.15, 0.2) is 0 Å². The van der Waals surface area contributed by atoms with Gasteiger partial charge in [0, 0.05) is 5.02 Å². The van der Waals surface area contributed by atoms with Gasteiger partial charge in [0.1, 0.15) is 0 Å². The Balaban J connectivity index is 2.13. The first-order chi connectivity index (χ1) is 8.56. The predicted molar refractivity (Wildman–Crippen MR) is 80.2 cm³/mol. The van der Waals surface area contributed by atoms with Crippen LogP contribution in [0.3, 0.4) is 0 Å². The van der Waals surface area contributed by atoms with Crippen LogP contribution in [0.4, 0.5) is 0 Å². The molecule has 4 heteroatoms. The number of benzene rings is 2. The minimum atomic E-state index is -0.112. The summed E-state index contributed by atoms with van der Waals surface area (Å²) in [5.74, 6) is 0. The molecule has 0 bridgehead atoms. The van der Waals surface area contributed by atoms with Crippen molar-refractivity contribution in [2.45, 2.75) is 11.8 Å². The second-order valence-corrected chi connectivity index (χ2v) is 5.75. The Bertz CT molecular complexity index is 534. The van der Waals surface area contributed by atoms with Crippen LogP contribution in [0.15, 0.2) is 42.5 Å². The lowest BCUT2D eigenvalue weighted by atomic mass is 10.0. The van der Waals surface area contributed by atoms with E-state index in [9.17, 15) is 0 Å². The molecule has 0 nitrogen and oxygen atoms in total. The van der Waals surface area contributed by atoms with E-state index < -0.39 is 0 Å². The maximum atomic E-state index is 6.37. The van der Waals surface area contributed by atoms with Crippen molar-refractivity contribution < 1.29 is 0 Å². The Hall–Kier alpha value is -0.400. The van der Waals surface area contributed by atoms with Gasteiger partial charge in [0.2, 0.25) is 0 Å². The zero-order valence-electron chi connectivity index (χ0n) is 9.34. The number of rotatable bonds is 3. The third kappa shape index (κ3) is 3.55. The molecule has 0 aliphatic heterocycles. The predicted octanol–water partition coefficient (Wildman–Crippen LogP) is 6.17. The van der Waals surface area contributed by atoms with Crippen LogP contribution >= 0.6 is 46.4 Å². The minimum absolute atomic E-state index is 0.112. The van der Waals surface area contributed by atoms with Crippen molar-refractivity contribution in [1.29, 1.82) is 0 Å². The lowest BCUT2D eigenvalue weighted by Crippen LogP contribution is -1.95. The van der Waals surface area contributed by atoms with Gasteiger partial charge in [-0.1, -0.05) is 53.0 Å². The molecule has 1 atom stereocenters. The van der Waals surface area contributed by atoms with Gasteiger partial charge in [-0.15, -0.1) is 11.6 Å². The van der Waals surface area contributed by atoms with Crippen LogP contribution < -0.4 is 0 Å². The Kier molecular flexibility index (Phi) is 4.80. The summed E-state index contributed by atoms with van der Waals surface area (Å²) in [6, 6.07) is 13.1. The minimum Gasteiger partial charge on any atom is -0.117 e. The average Bonchev–Trinajstić information content (AvgIpc) is 2.34. The highest BCUT2D eigenvalue weighted by Crippen LogP contribution is 2.29.